The highest BCUT2D eigenvalue weighted by atomic mass is 32.1. The molecule has 0 aromatic carbocycles. The number of aromatic nitrogens is 2. The van der Waals surface area contributed by atoms with E-state index in [1.54, 1.807) is 30.8 Å². The van der Waals surface area contributed by atoms with Crippen LogP contribution in [0.15, 0.2) is 24.5 Å². The first kappa shape index (κ1) is 15.1. The minimum absolute atomic E-state index is 0.556. The highest BCUT2D eigenvalue weighted by molar-refractivity contribution is 7.15. The molecule has 0 saturated heterocycles. The molecule has 0 fully saturated rings. The number of pyridine rings is 1. The Morgan fingerprint density at radius 3 is 2.70 bits per heavy atom. The van der Waals surface area contributed by atoms with Gasteiger partial charge in [-0.05, 0) is 24.6 Å². The molecule has 0 unspecified atom stereocenters. The van der Waals surface area contributed by atoms with Crippen LogP contribution in [0.2, 0.25) is 0 Å². The largest absolute Gasteiger partial charge is 0.378 e. The van der Waals surface area contributed by atoms with Gasteiger partial charge in [-0.2, -0.15) is 0 Å². The lowest BCUT2D eigenvalue weighted by molar-refractivity contribution is 0.181. The molecule has 0 bridgehead atoms. The Morgan fingerprint density at radius 2 is 2.05 bits per heavy atom. The number of thiazole rings is 1. The molecule has 0 amide bonds. The summed E-state index contributed by atoms with van der Waals surface area (Å²) >= 11 is 1.72. The predicted octanol–water partition coefficient (Wildman–Crippen LogP) is 3.10. The van der Waals surface area contributed by atoms with Gasteiger partial charge in [-0.1, -0.05) is 13.8 Å². The van der Waals surface area contributed by atoms with Gasteiger partial charge in [-0.3, -0.25) is 4.98 Å². The summed E-state index contributed by atoms with van der Waals surface area (Å²) in [6.45, 7) is 6.82. The number of hydrogen-bond acceptors (Lipinski definition) is 5. The Bertz CT molecular complexity index is 525. The van der Waals surface area contributed by atoms with Gasteiger partial charge in [0.05, 0.1) is 12.3 Å². The zero-order valence-electron chi connectivity index (χ0n) is 12.2. The molecular formula is C15H21N3OS. The first-order chi connectivity index (χ1) is 9.70. The van der Waals surface area contributed by atoms with Crippen LogP contribution >= 0.6 is 11.3 Å². The van der Waals surface area contributed by atoms with Gasteiger partial charge in [0.25, 0.3) is 0 Å². The second-order valence-electron chi connectivity index (χ2n) is 5.08. The maximum absolute atomic E-state index is 5.25. The molecule has 4 nitrogen and oxygen atoms in total. The van der Waals surface area contributed by atoms with Gasteiger partial charge in [-0.15, -0.1) is 11.3 Å². The molecule has 2 aromatic rings. The van der Waals surface area contributed by atoms with E-state index in [9.17, 15) is 0 Å². The number of nitrogens with one attached hydrogen (secondary N) is 1. The average molecular weight is 291 g/mol. The summed E-state index contributed by atoms with van der Waals surface area (Å²) in [5.41, 5.74) is 2.14. The SMILES string of the molecule is COCc1nc(-c2ccncc2)sc1CNCC(C)C. The van der Waals surface area contributed by atoms with Crippen molar-refractivity contribution in [3.8, 4) is 10.6 Å². The molecule has 2 heterocycles. The van der Waals surface area contributed by atoms with Crippen LogP contribution in [0.4, 0.5) is 0 Å². The summed E-state index contributed by atoms with van der Waals surface area (Å²) in [6.07, 6.45) is 3.59. The van der Waals surface area contributed by atoms with E-state index in [4.69, 9.17) is 9.72 Å². The fraction of sp³-hybridized carbons (Fsp3) is 0.467. The molecular weight excluding hydrogens is 270 g/mol. The second-order valence-corrected chi connectivity index (χ2v) is 6.17. The zero-order valence-corrected chi connectivity index (χ0v) is 13.0. The first-order valence-corrected chi connectivity index (χ1v) is 7.61. The smallest absolute Gasteiger partial charge is 0.124 e. The number of nitrogens with zero attached hydrogens (tertiary/aromatic N) is 2. The molecule has 108 valence electrons. The molecule has 0 aliphatic carbocycles. The lowest BCUT2D eigenvalue weighted by atomic mass is 10.2. The summed E-state index contributed by atoms with van der Waals surface area (Å²) in [5, 5.41) is 4.50. The van der Waals surface area contributed by atoms with Crippen molar-refractivity contribution >= 4 is 11.3 Å². The van der Waals surface area contributed by atoms with Crippen LogP contribution in [0, 0.1) is 5.92 Å². The van der Waals surface area contributed by atoms with E-state index in [2.05, 4.69) is 24.1 Å². The quantitative estimate of drug-likeness (QED) is 0.851. The molecule has 2 aromatic heterocycles. The van der Waals surface area contributed by atoms with Crippen LogP contribution in [0.5, 0.6) is 0 Å². The summed E-state index contributed by atoms with van der Waals surface area (Å²) in [6, 6.07) is 3.97. The number of ether oxygens (including phenoxy) is 1. The Balaban J connectivity index is 2.15. The Hall–Kier alpha value is -1.30. The van der Waals surface area contributed by atoms with Gasteiger partial charge in [-0.25, -0.2) is 4.98 Å². The molecule has 1 N–H and O–H groups in total. The molecule has 0 radical (unpaired) electrons. The minimum Gasteiger partial charge on any atom is -0.378 e. The normalized spacial score (nSPS) is 11.2. The monoisotopic (exact) mass is 291 g/mol. The fourth-order valence-electron chi connectivity index (χ4n) is 1.86. The van der Waals surface area contributed by atoms with E-state index in [1.165, 1.54) is 4.88 Å². The van der Waals surface area contributed by atoms with Crippen molar-refractivity contribution in [2.45, 2.75) is 27.0 Å². The summed E-state index contributed by atoms with van der Waals surface area (Å²) in [7, 11) is 1.71. The predicted molar refractivity (Wildman–Crippen MR) is 82.6 cm³/mol. The third kappa shape index (κ3) is 4.10. The van der Waals surface area contributed by atoms with Gasteiger partial charge >= 0.3 is 0 Å². The Morgan fingerprint density at radius 1 is 1.30 bits per heavy atom. The molecule has 0 spiro atoms. The Kier molecular flexibility index (Phi) is 5.64. The number of methoxy groups -OCH3 is 1. The molecule has 0 saturated carbocycles. The van der Waals surface area contributed by atoms with Crippen molar-refractivity contribution in [3.63, 3.8) is 0 Å². The third-order valence-corrected chi connectivity index (χ3v) is 3.97. The van der Waals surface area contributed by atoms with Gasteiger partial charge in [0, 0.05) is 36.5 Å². The maximum Gasteiger partial charge on any atom is 0.124 e. The van der Waals surface area contributed by atoms with E-state index in [0.717, 1.165) is 29.4 Å². The lowest BCUT2D eigenvalue weighted by Gasteiger charge is -2.06. The highest BCUT2D eigenvalue weighted by Gasteiger charge is 2.12. The minimum atomic E-state index is 0.556. The second kappa shape index (κ2) is 7.47. The van der Waals surface area contributed by atoms with Gasteiger partial charge in [0.15, 0.2) is 0 Å². The van der Waals surface area contributed by atoms with Crippen molar-refractivity contribution in [1.29, 1.82) is 0 Å². The summed E-state index contributed by atoms with van der Waals surface area (Å²) < 4.78 is 5.25. The zero-order chi connectivity index (χ0) is 14.4. The molecule has 5 heteroatoms. The summed E-state index contributed by atoms with van der Waals surface area (Å²) in [4.78, 5) is 9.99. The van der Waals surface area contributed by atoms with Crippen LogP contribution in [0.3, 0.4) is 0 Å². The third-order valence-electron chi connectivity index (χ3n) is 2.82. The standard InChI is InChI=1S/C15H21N3OS/c1-11(2)8-17-9-14-13(10-19-3)18-15(20-14)12-4-6-16-7-5-12/h4-7,11,17H,8-10H2,1-3H3. The van der Waals surface area contributed by atoms with E-state index >= 15 is 0 Å². The average Bonchev–Trinajstić information content (AvgIpc) is 2.83. The van der Waals surface area contributed by atoms with E-state index in [0.29, 0.717) is 12.5 Å². The van der Waals surface area contributed by atoms with Crippen LogP contribution in [-0.4, -0.2) is 23.6 Å². The van der Waals surface area contributed by atoms with Crippen molar-refractivity contribution in [2.75, 3.05) is 13.7 Å². The Labute approximate surface area is 124 Å². The summed E-state index contributed by atoms with van der Waals surface area (Å²) in [5.74, 6) is 0.647. The van der Waals surface area contributed by atoms with Crippen LogP contribution in [0.25, 0.3) is 10.6 Å². The molecule has 0 aliphatic heterocycles. The van der Waals surface area contributed by atoms with Gasteiger partial charge in [0.2, 0.25) is 0 Å². The van der Waals surface area contributed by atoms with Crippen molar-refractivity contribution < 1.29 is 4.74 Å². The van der Waals surface area contributed by atoms with E-state index < -0.39 is 0 Å². The molecule has 2 rings (SSSR count). The van der Waals surface area contributed by atoms with Crippen LogP contribution in [-0.2, 0) is 17.9 Å². The molecule has 0 aliphatic rings. The van der Waals surface area contributed by atoms with E-state index in [-0.39, 0.29) is 0 Å². The lowest BCUT2D eigenvalue weighted by Crippen LogP contribution is -2.19. The van der Waals surface area contributed by atoms with Gasteiger partial charge < -0.3 is 10.1 Å². The maximum atomic E-state index is 5.25. The van der Waals surface area contributed by atoms with Crippen molar-refractivity contribution in [1.82, 2.24) is 15.3 Å². The first-order valence-electron chi connectivity index (χ1n) is 6.79. The topological polar surface area (TPSA) is 47.0 Å². The molecule has 20 heavy (non-hydrogen) atoms. The van der Waals surface area contributed by atoms with Gasteiger partial charge in [0.1, 0.15) is 5.01 Å². The van der Waals surface area contributed by atoms with Crippen molar-refractivity contribution in [3.05, 3.63) is 35.1 Å². The number of hydrogen-bond donors (Lipinski definition) is 1. The fourth-order valence-corrected chi connectivity index (χ4v) is 2.90. The van der Waals surface area contributed by atoms with Crippen LogP contribution < -0.4 is 5.32 Å². The van der Waals surface area contributed by atoms with E-state index in [1.807, 2.05) is 12.1 Å². The highest BCUT2D eigenvalue weighted by Crippen LogP contribution is 2.28. The molecule has 0 atom stereocenters. The number of rotatable bonds is 7. The van der Waals surface area contributed by atoms with Crippen LogP contribution in [0.1, 0.15) is 24.4 Å². The van der Waals surface area contributed by atoms with Crippen molar-refractivity contribution in [2.24, 2.45) is 5.92 Å².